The Kier molecular flexibility index (Phi) is 7.75. The molecule has 1 saturated heterocycles. The summed E-state index contributed by atoms with van der Waals surface area (Å²) in [6, 6.07) is 3.95. The highest BCUT2D eigenvalue weighted by atomic mass is 16.6. The van der Waals surface area contributed by atoms with Crippen molar-refractivity contribution in [3.63, 3.8) is 0 Å². The first-order valence-electron chi connectivity index (χ1n) is 12.0. The fraction of sp³-hybridized carbons (Fsp3) is 0.600. The summed E-state index contributed by atoms with van der Waals surface area (Å²) >= 11 is 0. The van der Waals surface area contributed by atoms with Gasteiger partial charge in [0.05, 0.1) is 35.8 Å². The molecular weight excluding hydrogens is 420 g/mol. The molecular formula is C25H34N4O4. The van der Waals surface area contributed by atoms with Crippen LogP contribution in [0.2, 0.25) is 0 Å². The predicted octanol–water partition coefficient (Wildman–Crippen LogP) is 4.56. The summed E-state index contributed by atoms with van der Waals surface area (Å²) in [5.41, 5.74) is 2.62. The number of ether oxygens (including phenoxy) is 3. The summed E-state index contributed by atoms with van der Waals surface area (Å²) in [4.78, 5) is 26.6. The molecule has 0 N–H and O–H groups in total. The smallest absolute Gasteiger partial charge is 0.410 e. The van der Waals surface area contributed by atoms with Crippen LogP contribution >= 0.6 is 0 Å². The summed E-state index contributed by atoms with van der Waals surface area (Å²) in [6.07, 6.45) is 11.1. The molecule has 0 spiro atoms. The van der Waals surface area contributed by atoms with Gasteiger partial charge in [0, 0.05) is 31.0 Å². The van der Waals surface area contributed by atoms with Crippen LogP contribution in [0.3, 0.4) is 0 Å². The van der Waals surface area contributed by atoms with E-state index >= 15 is 0 Å². The standard InChI is InChI=1S/C25H34N4O4/c1-17(2)31-25(30)29-12-10-22(11-13-29)32-20-4-6-21(7-5-20)33-24-9-8-23(28-18(24)3)19-14-26-16-27-15-19/h8-9,14-17,20-22H,4-7,10-13H2,1-3H3. The lowest BCUT2D eigenvalue weighted by Gasteiger charge is -2.36. The molecule has 2 aromatic rings. The largest absolute Gasteiger partial charge is 0.489 e. The monoisotopic (exact) mass is 454 g/mol. The van der Waals surface area contributed by atoms with Gasteiger partial charge in [0.25, 0.3) is 0 Å². The molecule has 178 valence electrons. The molecule has 8 heteroatoms. The van der Waals surface area contributed by atoms with Gasteiger partial charge in [-0.3, -0.25) is 0 Å². The van der Waals surface area contributed by atoms with Crippen molar-refractivity contribution in [2.75, 3.05) is 13.1 Å². The average Bonchev–Trinajstić information content (AvgIpc) is 2.82. The van der Waals surface area contributed by atoms with Crippen LogP contribution in [-0.2, 0) is 9.47 Å². The minimum atomic E-state index is -0.212. The number of aromatic nitrogens is 3. The van der Waals surface area contributed by atoms with Crippen LogP contribution in [0.1, 0.15) is 58.1 Å². The number of carbonyl (C=O) groups is 1. The van der Waals surface area contributed by atoms with Gasteiger partial charge < -0.3 is 19.1 Å². The first-order valence-corrected chi connectivity index (χ1v) is 12.0. The summed E-state index contributed by atoms with van der Waals surface area (Å²) in [6.45, 7) is 7.13. The maximum Gasteiger partial charge on any atom is 0.410 e. The Morgan fingerprint density at radius 2 is 1.61 bits per heavy atom. The summed E-state index contributed by atoms with van der Waals surface area (Å²) < 4.78 is 17.9. The van der Waals surface area contributed by atoms with Gasteiger partial charge in [-0.15, -0.1) is 0 Å². The molecule has 0 atom stereocenters. The number of likely N-dealkylation sites (tertiary alicyclic amines) is 1. The SMILES string of the molecule is Cc1nc(-c2cncnc2)ccc1OC1CCC(OC2CCN(C(=O)OC(C)C)CC2)CC1. The molecule has 1 aliphatic heterocycles. The van der Waals surface area contributed by atoms with Gasteiger partial charge in [-0.2, -0.15) is 0 Å². The Bertz CT molecular complexity index is 908. The zero-order valence-corrected chi connectivity index (χ0v) is 19.8. The highest BCUT2D eigenvalue weighted by Crippen LogP contribution is 2.30. The van der Waals surface area contributed by atoms with Crippen LogP contribution < -0.4 is 4.74 Å². The molecule has 1 saturated carbocycles. The molecule has 2 fully saturated rings. The number of hydrogen-bond donors (Lipinski definition) is 0. The van der Waals surface area contributed by atoms with E-state index in [9.17, 15) is 4.79 Å². The van der Waals surface area contributed by atoms with E-state index in [0.29, 0.717) is 13.1 Å². The third kappa shape index (κ3) is 6.41. The van der Waals surface area contributed by atoms with Gasteiger partial charge in [-0.25, -0.2) is 19.7 Å². The number of nitrogens with zero attached hydrogens (tertiary/aromatic N) is 4. The van der Waals surface area contributed by atoms with Crippen molar-refractivity contribution < 1.29 is 19.0 Å². The van der Waals surface area contributed by atoms with Crippen molar-refractivity contribution in [2.45, 2.75) is 83.7 Å². The Hall–Kier alpha value is -2.74. The maximum absolute atomic E-state index is 12.0. The lowest BCUT2D eigenvalue weighted by molar-refractivity contribution is -0.0657. The molecule has 0 unspecified atom stereocenters. The number of piperidine rings is 1. The average molecular weight is 455 g/mol. The van der Waals surface area contributed by atoms with Crippen LogP contribution in [0, 0.1) is 6.92 Å². The van der Waals surface area contributed by atoms with E-state index in [1.807, 2.05) is 32.9 Å². The van der Waals surface area contributed by atoms with Crippen LogP contribution in [0.4, 0.5) is 4.79 Å². The van der Waals surface area contributed by atoms with Crippen molar-refractivity contribution in [1.29, 1.82) is 0 Å². The third-order valence-electron chi connectivity index (χ3n) is 6.23. The van der Waals surface area contributed by atoms with Crippen LogP contribution in [-0.4, -0.2) is 63.5 Å². The van der Waals surface area contributed by atoms with Crippen molar-refractivity contribution in [1.82, 2.24) is 19.9 Å². The molecule has 1 amide bonds. The molecule has 33 heavy (non-hydrogen) atoms. The molecule has 8 nitrogen and oxygen atoms in total. The molecule has 2 aromatic heterocycles. The Morgan fingerprint density at radius 3 is 2.24 bits per heavy atom. The zero-order valence-electron chi connectivity index (χ0n) is 19.8. The number of amides is 1. The Balaban J connectivity index is 1.20. The number of aryl methyl sites for hydroxylation is 1. The van der Waals surface area contributed by atoms with Crippen LogP contribution in [0.25, 0.3) is 11.3 Å². The number of hydrogen-bond acceptors (Lipinski definition) is 7. The summed E-state index contributed by atoms with van der Waals surface area (Å²) in [7, 11) is 0. The van der Waals surface area contributed by atoms with E-state index in [1.165, 1.54) is 6.33 Å². The number of pyridine rings is 1. The summed E-state index contributed by atoms with van der Waals surface area (Å²) in [5, 5.41) is 0. The topological polar surface area (TPSA) is 86.7 Å². The van der Waals surface area contributed by atoms with Gasteiger partial charge in [-0.05, 0) is 71.4 Å². The highest BCUT2D eigenvalue weighted by molar-refractivity contribution is 5.67. The van der Waals surface area contributed by atoms with Gasteiger partial charge in [0.1, 0.15) is 12.1 Å². The third-order valence-corrected chi connectivity index (χ3v) is 6.23. The molecule has 3 heterocycles. The van der Waals surface area contributed by atoms with Gasteiger partial charge >= 0.3 is 6.09 Å². The van der Waals surface area contributed by atoms with Crippen molar-refractivity contribution in [3.05, 3.63) is 36.5 Å². The zero-order chi connectivity index (χ0) is 23.2. The van der Waals surface area contributed by atoms with E-state index < -0.39 is 0 Å². The highest BCUT2D eigenvalue weighted by Gasteiger charge is 2.29. The van der Waals surface area contributed by atoms with E-state index in [-0.39, 0.29) is 30.5 Å². The first-order chi connectivity index (χ1) is 16.0. The van der Waals surface area contributed by atoms with Crippen molar-refractivity contribution in [3.8, 4) is 17.0 Å². The summed E-state index contributed by atoms with van der Waals surface area (Å²) in [5.74, 6) is 0.834. The second kappa shape index (κ2) is 10.9. The predicted molar refractivity (Wildman–Crippen MR) is 124 cm³/mol. The second-order valence-corrected chi connectivity index (χ2v) is 9.18. The molecule has 0 bridgehead atoms. The van der Waals surface area contributed by atoms with Gasteiger partial charge in [-0.1, -0.05) is 0 Å². The minimum absolute atomic E-state index is 0.0835. The fourth-order valence-electron chi connectivity index (χ4n) is 4.45. The molecule has 1 aliphatic carbocycles. The van der Waals surface area contributed by atoms with Crippen molar-refractivity contribution in [2.24, 2.45) is 0 Å². The quantitative estimate of drug-likeness (QED) is 0.632. The van der Waals surface area contributed by atoms with E-state index in [1.54, 1.807) is 17.3 Å². The van der Waals surface area contributed by atoms with Gasteiger partial charge in [0.15, 0.2) is 0 Å². The maximum atomic E-state index is 12.0. The lowest BCUT2D eigenvalue weighted by atomic mass is 9.94. The molecule has 0 radical (unpaired) electrons. The van der Waals surface area contributed by atoms with E-state index in [0.717, 1.165) is 61.2 Å². The van der Waals surface area contributed by atoms with Crippen LogP contribution in [0.5, 0.6) is 5.75 Å². The Morgan fingerprint density at radius 1 is 0.970 bits per heavy atom. The molecule has 4 rings (SSSR count). The molecule has 0 aromatic carbocycles. The van der Waals surface area contributed by atoms with Crippen LogP contribution in [0.15, 0.2) is 30.9 Å². The molecule has 2 aliphatic rings. The second-order valence-electron chi connectivity index (χ2n) is 9.18. The van der Waals surface area contributed by atoms with E-state index in [4.69, 9.17) is 14.2 Å². The normalized spacial score (nSPS) is 21.8. The minimum Gasteiger partial charge on any atom is -0.489 e. The first kappa shape index (κ1) is 23.4. The Labute approximate surface area is 195 Å². The lowest BCUT2D eigenvalue weighted by Crippen LogP contribution is -2.43. The number of rotatable bonds is 6. The fourth-order valence-corrected chi connectivity index (χ4v) is 4.45. The van der Waals surface area contributed by atoms with Gasteiger partial charge in [0.2, 0.25) is 0 Å². The van der Waals surface area contributed by atoms with E-state index in [2.05, 4.69) is 15.0 Å². The number of carbonyl (C=O) groups excluding carboxylic acids is 1. The van der Waals surface area contributed by atoms with Crippen molar-refractivity contribution >= 4 is 6.09 Å².